The molecule has 0 bridgehead atoms. The zero-order valence-corrected chi connectivity index (χ0v) is 15.5. The van der Waals surface area contributed by atoms with E-state index in [1.807, 2.05) is 24.3 Å². The predicted molar refractivity (Wildman–Crippen MR) is 104 cm³/mol. The first kappa shape index (κ1) is 17.1. The number of para-hydroxylation sites is 1. The standard InChI is InChI=1S/C20H21N5O2/c1-13-10-14-6-4-5-7-17(14)25(13)20-23-19(12-21-24-20)22-16-11-15(26-2)8-9-18(16)27-3/h4-9,11-13H,10H2,1-3H3,(H,22,23,24). The highest BCUT2D eigenvalue weighted by Crippen LogP contribution is 2.37. The number of ether oxygens (including phenoxy) is 2. The fraction of sp³-hybridized carbons (Fsp3) is 0.250. The Labute approximate surface area is 158 Å². The zero-order valence-electron chi connectivity index (χ0n) is 15.5. The predicted octanol–water partition coefficient (Wildman–Crippen LogP) is 3.72. The van der Waals surface area contributed by atoms with Gasteiger partial charge in [-0.25, -0.2) is 0 Å². The van der Waals surface area contributed by atoms with Gasteiger partial charge in [-0.1, -0.05) is 18.2 Å². The van der Waals surface area contributed by atoms with E-state index < -0.39 is 0 Å². The van der Waals surface area contributed by atoms with Crippen LogP contribution in [0.25, 0.3) is 0 Å². The summed E-state index contributed by atoms with van der Waals surface area (Å²) in [5.74, 6) is 2.57. The van der Waals surface area contributed by atoms with Crippen molar-refractivity contribution in [3.05, 3.63) is 54.2 Å². The highest BCUT2D eigenvalue weighted by molar-refractivity contribution is 5.69. The summed E-state index contributed by atoms with van der Waals surface area (Å²) in [6.07, 6.45) is 2.55. The average molecular weight is 363 g/mol. The lowest BCUT2D eigenvalue weighted by Gasteiger charge is -2.22. The molecule has 0 spiro atoms. The van der Waals surface area contributed by atoms with Gasteiger partial charge in [0.2, 0.25) is 0 Å². The van der Waals surface area contributed by atoms with Crippen LogP contribution < -0.4 is 19.7 Å². The van der Waals surface area contributed by atoms with Gasteiger partial charge in [0.25, 0.3) is 5.95 Å². The average Bonchev–Trinajstić information content (AvgIpc) is 3.03. The number of nitrogens with zero attached hydrogens (tertiary/aromatic N) is 4. The molecule has 0 saturated carbocycles. The van der Waals surface area contributed by atoms with E-state index in [2.05, 4.69) is 50.5 Å². The van der Waals surface area contributed by atoms with Crippen molar-refractivity contribution in [1.29, 1.82) is 0 Å². The third-order valence-electron chi connectivity index (χ3n) is 4.64. The number of methoxy groups -OCH3 is 2. The molecule has 27 heavy (non-hydrogen) atoms. The molecule has 1 aliphatic rings. The van der Waals surface area contributed by atoms with Crippen LogP contribution in [0.1, 0.15) is 12.5 Å². The van der Waals surface area contributed by atoms with Crippen molar-refractivity contribution in [2.24, 2.45) is 0 Å². The second-order valence-corrected chi connectivity index (χ2v) is 6.38. The van der Waals surface area contributed by atoms with Gasteiger partial charge in [0, 0.05) is 17.8 Å². The van der Waals surface area contributed by atoms with Crippen molar-refractivity contribution < 1.29 is 9.47 Å². The molecule has 2 aromatic carbocycles. The molecule has 4 rings (SSSR count). The first-order valence-electron chi connectivity index (χ1n) is 8.75. The highest BCUT2D eigenvalue weighted by Gasteiger charge is 2.29. The lowest BCUT2D eigenvalue weighted by molar-refractivity contribution is 0.405. The lowest BCUT2D eigenvalue weighted by atomic mass is 10.1. The van der Waals surface area contributed by atoms with Gasteiger partial charge in [-0.3, -0.25) is 0 Å². The van der Waals surface area contributed by atoms with Crippen LogP contribution in [0.5, 0.6) is 11.5 Å². The van der Waals surface area contributed by atoms with E-state index in [1.54, 1.807) is 20.4 Å². The van der Waals surface area contributed by atoms with Gasteiger partial charge >= 0.3 is 0 Å². The fourth-order valence-electron chi connectivity index (χ4n) is 3.38. The molecule has 0 radical (unpaired) electrons. The van der Waals surface area contributed by atoms with Crippen molar-refractivity contribution in [3.8, 4) is 11.5 Å². The Morgan fingerprint density at radius 2 is 1.96 bits per heavy atom. The zero-order chi connectivity index (χ0) is 18.8. The van der Waals surface area contributed by atoms with Crippen LogP contribution in [0.2, 0.25) is 0 Å². The normalized spacial score (nSPS) is 15.4. The molecule has 2 heterocycles. The van der Waals surface area contributed by atoms with Crippen molar-refractivity contribution in [2.75, 3.05) is 24.4 Å². The second kappa shape index (κ2) is 7.11. The Morgan fingerprint density at radius 1 is 1.11 bits per heavy atom. The van der Waals surface area contributed by atoms with Gasteiger partial charge < -0.3 is 19.7 Å². The Hall–Kier alpha value is -3.35. The van der Waals surface area contributed by atoms with Gasteiger partial charge in [-0.2, -0.15) is 10.1 Å². The monoisotopic (exact) mass is 363 g/mol. The smallest absolute Gasteiger partial charge is 0.252 e. The van der Waals surface area contributed by atoms with Crippen LogP contribution in [0.3, 0.4) is 0 Å². The van der Waals surface area contributed by atoms with Crippen LogP contribution in [0.4, 0.5) is 23.1 Å². The molecule has 0 amide bonds. The summed E-state index contributed by atoms with van der Waals surface area (Å²) >= 11 is 0. The van der Waals surface area contributed by atoms with E-state index in [0.717, 1.165) is 23.5 Å². The Kier molecular flexibility index (Phi) is 4.50. The third kappa shape index (κ3) is 3.23. The van der Waals surface area contributed by atoms with E-state index in [-0.39, 0.29) is 6.04 Å². The topological polar surface area (TPSA) is 72.4 Å². The summed E-state index contributed by atoms with van der Waals surface area (Å²) in [6, 6.07) is 14.1. The van der Waals surface area contributed by atoms with Gasteiger partial charge in [-0.15, -0.1) is 5.10 Å². The minimum Gasteiger partial charge on any atom is -0.497 e. The molecule has 0 saturated heterocycles. The van der Waals surface area contributed by atoms with Crippen LogP contribution in [0.15, 0.2) is 48.7 Å². The molecule has 1 atom stereocenters. The minimum absolute atomic E-state index is 0.269. The largest absolute Gasteiger partial charge is 0.497 e. The summed E-state index contributed by atoms with van der Waals surface area (Å²) in [7, 11) is 3.25. The maximum atomic E-state index is 5.42. The summed E-state index contributed by atoms with van der Waals surface area (Å²) in [5, 5.41) is 11.7. The molecule has 1 aliphatic heterocycles. The van der Waals surface area contributed by atoms with Crippen LogP contribution in [-0.4, -0.2) is 35.4 Å². The minimum atomic E-state index is 0.269. The lowest BCUT2D eigenvalue weighted by Crippen LogP contribution is -2.26. The maximum absolute atomic E-state index is 5.42. The fourth-order valence-corrected chi connectivity index (χ4v) is 3.38. The van der Waals surface area contributed by atoms with Gasteiger partial charge in [-0.05, 0) is 37.1 Å². The third-order valence-corrected chi connectivity index (χ3v) is 4.64. The molecule has 0 aliphatic carbocycles. The molecule has 3 aromatic rings. The molecule has 1 unspecified atom stereocenters. The first-order chi connectivity index (χ1) is 13.2. The van der Waals surface area contributed by atoms with Crippen molar-refractivity contribution in [2.45, 2.75) is 19.4 Å². The number of aromatic nitrogens is 3. The molecular formula is C20H21N5O2. The molecular weight excluding hydrogens is 342 g/mol. The Balaban J connectivity index is 1.66. The summed E-state index contributed by atoms with van der Waals surface area (Å²) in [4.78, 5) is 6.80. The van der Waals surface area contributed by atoms with Gasteiger partial charge in [0.05, 0.1) is 26.1 Å². The van der Waals surface area contributed by atoms with E-state index in [9.17, 15) is 0 Å². The van der Waals surface area contributed by atoms with Gasteiger partial charge in [0.1, 0.15) is 11.5 Å². The number of anilines is 4. The maximum Gasteiger partial charge on any atom is 0.252 e. The first-order valence-corrected chi connectivity index (χ1v) is 8.75. The Bertz CT molecular complexity index is 963. The van der Waals surface area contributed by atoms with Crippen molar-refractivity contribution in [3.63, 3.8) is 0 Å². The SMILES string of the molecule is COc1ccc(OC)c(Nc2cnnc(N3c4ccccc4CC3C)n2)c1. The molecule has 138 valence electrons. The molecule has 1 N–H and O–H groups in total. The molecule has 7 nitrogen and oxygen atoms in total. The van der Waals surface area contributed by atoms with Crippen LogP contribution in [0, 0.1) is 0 Å². The van der Waals surface area contributed by atoms with Crippen molar-refractivity contribution >= 4 is 23.1 Å². The van der Waals surface area contributed by atoms with E-state index >= 15 is 0 Å². The molecule has 1 aromatic heterocycles. The molecule has 0 fully saturated rings. The summed E-state index contributed by atoms with van der Waals surface area (Å²) < 4.78 is 10.7. The quantitative estimate of drug-likeness (QED) is 0.741. The molecule has 7 heteroatoms. The number of hydrogen-bond donors (Lipinski definition) is 1. The Morgan fingerprint density at radius 3 is 2.78 bits per heavy atom. The summed E-state index contributed by atoms with van der Waals surface area (Å²) in [6.45, 7) is 2.16. The van der Waals surface area contributed by atoms with E-state index in [1.165, 1.54) is 5.56 Å². The number of hydrogen-bond acceptors (Lipinski definition) is 7. The highest BCUT2D eigenvalue weighted by atomic mass is 16.5. The summed E-state index contributed by atoms with van der Waals surface area (Å²) in [5.41, 5.74) is 3.17. The number of fused-ring (bicyclic) bond motifs is 1. The number of nitrogens with one attached hydrogen (secondary N) is 1. The second-order valence-electron chi connectivity index (χ2n) is 6.38. The van der Waals surface area contributed by atoms with Gasteiger partial charge in [0.15, 0.2) is 5.82 Å². The van der Waals surface area contributed by atoms with Crippen LogP contribution in [-0.2, 0) is 6.42 Å². The van der Waals surface area contributed by atoms with Crippen molar-refractivity contribution in [1.82, 2.24) is 15.2 Å². The number of benzene rings is 2. The number of rotatable bonds is 5. The van der Waals surface area contributed by atoms with E-state index in [4.69, 9.17) is 9.47 Å². The van der Waals surface area contributed by atoms with Crippen LogP contribution >= 0.6 is 0 Å². The van der Waals surface area contributed by atoms with E-state index in [0.29, 0.717) is 17.5 Å².